The third-order valence-corrected chi connectivity index (χ3v) is 3.30. The van der Waals surface area contributed by atoms with Gasteiger partial charge in [-0.05, 0) is 22.0 Å². The molecule has 2 aromatic rings. The van der Waals surface area contributed by atoms with Crippen LogP contribution >= 0.6 is 15.9 Å². The molecule has 0 amide bonds. The van der Waals surface area contributed by atoms with Gasteiger partial charge in [-0.15, -0.1) is 0 Å². The summed E-state index contributed by atoms with van der Waals surface area (Å²) in [4.78, 5) is 4.01. The number of aromatic nitrogens is 2. The molecule has 3 nitrogen and oxygen atoms in total. The van der Waals surface area contributed by atoms with Crippen molar-refractivity contribution < 1.29 is 13.5 Å². The molecule has 0 saturated carbocycles. The van der Waals surface area contributed by atoms with E-state index >= 15 is 0 Å². The molecule has 17 heavy (non-hydrogen) atoms. The van der Waals surface area contributed by atoms with E-state index in [1.807, 2.05) is 0 Å². The van der Waals surface area contributed by atoms with Crippen molar-refractivity contribution >= 4 is 15.9 Å². The van der Waals surface area contributed by atoms with Crippen LogP contribution in [0, 0.1) is 11.6 Å². The molecule has 0 N–H and O–H groups in total. The molecule has 0 saturated heterocycles. The number of benzene rings is 1. The first-order chi connectivity index (χ1) is 8.04. The van der Waals surface area contributed by atoms with Gasteiger partial charge in [0, 0.05) is 18.7 Å². The van der Waals surface area contributed by atoms with Gasteiger partial charge in [0.15, 0.2) is 11.6 Å². The third kappa shape index (κ3) is 2.04. The highest BCUT2D eigenvalue weighted by Crippen LogP contribution is 2.32. The number of ether oxygens (including phenoxy) is 1. The fourth-order valence-corrected chi connectivity index (χ4v) is 1.87. The standard InChI is InChI=1S/C11H9BrF2N2O/c1-16-5-15-10(11(16)12)6-3-8(14)9(17-2)4-7(6)13/h3-5H,1-2H3. The van der Waals surface area contributed by atoms with Crippen molar-refractivity contribution in [2.24, 2.45) is 7.05 Å². The Labute approximate surface area is 105 Å². The first-order valence-electron chi connectivity index (χ1n) is 4.74. The van der Waals surface area contributed by atoms with E-state index in [9.17, 15) is 8.78 Å². The van der Waals surface area contributed by atoms with Crippen LogP contribution in [0.4, 0.5) is 8.78 Å². The van der Waals surface area contributed by atoms with Gasteiger partial charge in [-0.1, -0.05) is 0 Å². The van der Waals surface area contributed by atoms with Crippen LogP contribution in [0.3, 0.4) is 0 Å². The molecule has 0 fully saturated rings. The minimum atomic E-state index is -0.624. The van der Waals surface area contributed by atoms with Crippen LogP contribution in [-0.4, -0.2) is 16.7 Å². The topological polar surface area (TPSA) is 27.1 Å². The SMILES string of the molecule is COc1cc(F)c(-c2ncn(C)c2Br)cc1F. The predicted molar refractivity (Wildman–Crippen MR) is 62.8 cm³/mol. The van der Waals surface area contributed by atoms with Crippen molar-refractivity contribution in [1.29, 1.82) is 0 Å². The number of aryl methyl sites for hydroxylation is 1. The van der Waals surface area contributed by atoms with Crippen molar-refractivity contribution in [2.75, 3.05) is 7.11 Å². The quantitative estimate of drug-likeness (QED) is 0.852. The van der Waals surface area contributed by atoms with Gasteiger partial charge < -0.3 is 9.30 Å². The molecular formula is C11H9BrF2N2O. The molecular weight excluding hydrogens is 294 g/mol. The maximum atomic E-state index is 13.8. The van der Waals surface area contributed by atoms with Gasteiger partial charge in [-0.25, -0.2) is 13.8 Å². The van der Waals surface area contributed by atoms with Gasteiger partial charge in [0.25, 0.3) is 0 Å². The lowest BCUT2D eigenvalue weighted by atomic mass is 10.1. The van der Waals surface area contributed by atoms with Crippen molar-refractivity contribution in [3.05, 3.63) is 34.7 Å². The molecule has 0 aliphatic heterocycles. The zero-order chi connectivity index (χ0) is 12.6. The number of rotatable bonds is 2. The zero-order valence-electron chi connectivity index (χ0n) is 9.17. The van der Waals surface area contributed by atoms with Crippen LogP contribution < -0.4 is 4.74 Å². The fraction of sp³-hybridized carbons (Fsp3) is 0.182. The van der Waals surface area contributed by atoms with Crippen molar-refractivity contribution in [2.45, 2.75) is 0 Å². The lowest BCUT2D eigenvalue weighted by Gasteiger charge is -2.06. The minimum Gasteiger partial charge on any atom is -0.494 e. The maximum absolute atomic E-state index is 13.8. The Hall–Kier alpha value is -1.43. The van der Waals surface area contributed by atoms with Gasteiger partial charge in [0.1, 0.15) is 16.1 Å². The number of hydrogen-bond donors (Lipinski definition) is 0. The van der Waals surface area contributed by atoms with Crippen molar-refractivity contribution in [3.8, 4) is 17.0 Å². The highest BCUT2D eigenvalue weighted by Gasteiger charge is 2.16. The lowest BCUT2D eigenvalue weighted by Crippen LogP contribution is -1.93. The summed E-state index contributed by atoms with van der Waals surface area (Å²) in [5, 5.41) is 0. The summed E-state index contributed by atoms with van der Waals surface area (Å²) in [6, 6.07) is 2.08. The molecule has 0 atom stereocenters. The Morgan fingerprint density at radius 3 is 2.53 bits per heavy atom. The maximum Gasteiger partial charge on any atom is 0.165 e. The van der Waals surface area contributed by atoms with E-state index < -0.39 is 11.6 Å². The summed E-state index contributed by atoms with van der Waals surface area (Å²) in [6.45, 7) is 0. The molecule has 6 heteroatoms. The van der Waals surface area contributed by atoms with E-state index in [1.54, 1.807) is 11.6 Å². The number of halogens is 3. The second kappa shape index (κ2) is 4.44. The highest BCUT2D eigenvalue weighted by molar-refractivity contribution is 9.10. The van der Waals surface area contributed by atoms with Crippen LogP contribution in [0.2, 0.25) is 0 Å². The van der Waals surface area contributed by atoms with E-state index in [-0.39, 0.29) is 11.3 Å². The molecule has 0 radical (unpaired) electrons. The Balaban J connectivity index is 2.60. The number of methoxy groups -OCH3 is 1. The predicted octanol–water partition coefficient (Wildman–Crippen LogP) is 3.14. The molecule has 0 aliphatic carbocycles. The van der Waals surface area contributed by atoms with Gasteiger partial charge >= 0.3 is 0 Å². The summed E-state index contributed by atoms with van der Waals surface area (Å²) >= 11 is 3.26. The molecule has 1 aromatic heterocycles. The second-order valence-electron chi connectivity index (χ2n) is 3.46. The smallest absolute Gasteiger partial charge is 0.165 e. The molecule has 1 heterocycles. The van der Waals surface area contributed by atoms with Gasteiger partial charge in [-0.3, -0.25) is 0 Å². The summed E-state index contributed by atoms with van der Waals surface area (Å²) in [7, 11) is 3.03. The molecule has 0 spiro atoms. The monoisotopic (exact) mass is 302 g/mol. The fourth-order valence-electron chi connectivity index (χ4n) is 1.46. The van der Waals surface area contributed by atoms with Crippen LogP contribution in [-0.2, 0) is 7.05 Å². The van der Waals surface area contributed by atoms with Crippen LogP contribution in [0.1, 0.15) is 0 Å². The van der Waals surface area contributed by atoms with Crippen LogP contribution in [0.15, 0.2) is 23.1 Å². The van der Waals surface area contributed by atoms with E-state index in [2.05, 4.69) is 20.9 Å². The number of hydrogen-bond acceptors (Lipinski definition) is 2. The molecule has 2 rings (SSSR count). The summed E-state index contributed by atoms with van der Waals surface area (Å²) in [6.07, 6.45) is 1.51. The van der Waals surface area contributed by atoms with Gasteiger partial charge in [0.2, 0.25) is 0 Å². The van der Waals surface area contributed by atoms with Gasteiger partial charge in [0.05, 0.1) is 13.4 Å². The Bertz CT molecular complexity index is 569. The second-order valence-corrected chi connectivity index (χ2v) is 4.21. The summed E-state index contributed by atoms with van der Waals surface area (Å²) in [5.74, 6) is -1.33. The first kappa shape index (κ1) is 12.0. The summed E-state index contributed by atoms with van der Waals surface area (Å²) in [5.41, 5.74) is 0.447. The Morgan fingerprint density at radius 2 is 2.00 bits per heavy atom. The highest BCUT2D eigenvalue weighted by atomic mass is 79.9. The zero-order valence-corrected chi connectivity index (χ0v) is 10.8. The van der Waals surface area contributed by atoms with E-state index in [4.69, 9.17) is 4.74 Å². The first-order valence-corrected chi connectivity index (χ1v) is 5.54. The van der Waals surface area contributed by atoms with Crippen LogP contribution in [0.25, 0.3) is 11.3 Å². The van der Waals surface area contributed by atoms with Gasteiger partial charge in [-0.2, -0.15) is 0 Å². The average Bonchev–Trinajstić information content (AvgIpc) is 2.63. The minimum absolute atomic E-state index is 0.0933. The summed E-state index contributed by atoms with van der Waals surface area (Å²) < 4.78 is 34.2. The normalized spacial score (nSPS) is 10.6. The largest absolute Gasteiger partial charge is 0.494 e. The van der Waals surface area contributed by atoms with E-state index in [0.29, 0.717) is 10.3 Å². The van der Waals surface area contributed by atoms with Crippen molar-refractivity contribution in [1.82, 2.24) is 9.55 Å². The Kier molecular flexibility index (Phi) is 3.15. The average molecular weight is 303 g/mol. The Morgan fingerprint density at radius 1 is 1.29 bits per heavy atom. The lowest BCUT2D eigenvalue weighted by molar-refractivity contribution is 0.383. The molecule has 0 unspecified atom stereocenters. The van der Waals surface area contributed by atoms with E-state index in [1.165, 1.54) is 13.4 Å². The number of nitrogens with zero attached hydrogens (tertiary/aromatic N) is 2. The van der Waals surface area contributed by atoms with Crippen molar-refractivity contribution in [3.63, 3.8) is 0 Å². The molecule has 0 aliphatic rings. The molecule has 1 aromatic carbocycles. The number of imidazole rings is 1. The van der Waals surface area contributed by atoms with E-state index in [0.717, 1.165) is 12.1 Å². The third-order valence-electron chi connectivity index (χ3n) is 2.36. The molecule has 90 valence electrons. The molecule has 0 bridgehead atoms. The van der Waals surface area contributed by atoms with Crippen LogP contribution in [0.5, 0.6) is 5.75 Å².